The van der Waals surface area contributed by atoms with E-state index in [1.807, 2.05) is 19.1 Å². The lowest BCUT2D eigenvalue weighted by Crippen LogP contribution is -2.26. The van der Waals surface area contributed by atoms with Crippen molar-refractivity contribution in [3.05, 3.63) is 29.3 Å². The summed E-state index contributed by atoms with van der Waals surface area (Å²) in [5.41, 5.74) is 7.29. The molecule has 0 saturated heterocycles. The van der Waals surface area contributed by atoms with Crippen LogP contribution in [0.3, 0.4) is 0 Å². The zero-order chi connectivity index (χ0) is 14.6. The Morgan fingerprint density at radius 3 is 2.70 bits per heavy atom. The van der Waals surface area contributed by atoms with Crippen molar-refractivity contribution in [2.45, 2.75) is 50.5 Å². The smallest absolute Gasteiger partial charge is 0.240 e. The number of sulfonamides is 1. The molecule has 0 amide bonds. The quantitative estimate of drug-likeness (QED) is 0.722. The fourth-order valence-electron chi connectivity index (χ4n) is 2.35. The van der Waals surface area contributed by atoms with Crippen molar-refractivity contribution in [3.63, 3.8) is 0 Å². The van der Waals surface area contributed by atoms with Crippen LogP contribution in [0.15, 0.2) is 23.1 Å². The third kappa shape index (κ3) is 4.04. The summed E-state index contributed by atoms with van der Waals surface area (Å²) in [7, 11) is -3.42. The molecule has 5 heteroatoms. The second kappa shape index (κ2) is 6.70. The van der Waals surface area contributed by atoms with Gasteiger partial charge in [-0.05, 0) is 42.4 Å². The molecule has 112 valence electrons. The number of hydrogen-bond acceptors (Lipinski definition) is 3. The molecular formula is C15H24N2O2S. The number of benzene rings is 1. The first-order valence-corrected chi connectivity index (χ1v) is 8.86. The molecule has 2 rings (SSSR count). The summed E-state index contributed by atoms with van der Waals surface area (Å²) in [6.45, 7) is 2.84. The third-order valence-electron chi connectivity index (χ3n) is 3.82. The zero-order valence-corrected chi connectivity index (χ0v) is 12.9. The molecule has 20 heavy (non-hydrogen) atoms. The molecule has 0 bridgehead atoms. The van der Waals surface area contributed by atoms with Crippen LogP contribution >= 0.6 is 0 Å². The lowest BCUT2D eigenvalue weighted by Gasteiger charge is -2.12. The molecule has 1 aromatic rings. The largest absolute Gasteiger partial charge is 0.326 e. The summed E-state index contributed by atoms with van der Waals surface area (Å²) in [6.07, 6.45) is 5.37. The molecule has 1 saturated carbocycles. The molecule has 0 atom stereocenters. The van der Waals surface area contributed by atoms with Crippen LogP contribution in [0.5, 0.6) is 0 Å². The number of aryl methyl sites for hydroxylation is 1. The van der Waals surface area contributed by atoms with Crippen molar-refractivity contribution in [2.75, 3.05) is 6.54 Å². The lowest BCUT2D eigenvalue weighted by molar-refractivity contribution is 0.571. The second-order valence-corrected chi connectivity index (χ2v) is 7.22. The summed E-state index contributed by atoms with van der Waals surface area (Å²) < 4.78 is 27.5. The van der Waals surface area contributed by atoms with Gasteiger partial charge in [-0.2, -0.15) is 0 Å². The fraction of sp³-hybridized carbons (Fsp3) is 0.600. The van der Waals surface area contributed by atoms with E-state index in [0.717, 1.165) is 29.9 Å². The first-order chi connectivity index (χ1) is 9.56. The van der Waals surface area contributed by atoms with Crippen LogP contribution in [0.25, 0.3) is 0 Å². The Morgan fingerprint density at radius 2 is 2.10 bits per heavy atom. The van der Waals surface area contributed by atoms with E-state index in [1.54, 1.807) is 6.07 Å². The molecule has 0 spiro atoms. The molecule has 0 aromatic heterocycles. The van der Waals surface area contributed by atoms with E-state index < -0.39 is 10.0 Å². The van der Waals surface area contributed by atoms with Crippen molar-refractivity contribution in [2.24, 2.45) is 11.7 Å². The minimum atomic E-state index is -3.42. The standard InChI is InChI=1S/C15H24N2O2S/c1-2-14-8-7-13(11-16)10-15(14)20(18,19)17-9-3-4-12-5-6-12/h7-8,10,12,17H,2-6,9,11,16H2,1H3. The molecule has 1 fully saturated rings. The Balaban J connectivity index is 2.05. The second-order valence-electron chi connectivity index (χ2n) is 5.48. The summed E-state index contributed by atoms with van der Waals surface area (Å²) >= 11 is 0. The average molecular weight is 296 g/mol. The first kappa shape index (κ1) is 15.5. The fourth-order valence-corrected chi connectivity index (χ4v) is 3.78. The molecule has 1 aliphatic rings. The van der Waals surface area contributed by atoms with Crippen molar-refractivity contribution in [3.8, 4) is 0 Å². The van der Waals surface area contributed by atoms with Crippen LogP contribution in [0.2, 0.25) is 0 Å². The molecule has 3 N–H and O–H groups in total. The van der Waals surface area contributed by atoms with E-state index in [0.29, 0.717) is 24.4 Å². The van der Waals surface area contributed by atoms with E-state index in [2.05, 4.69) is 4.72 Å². The zero-order valence-electron chi connectivity index (χ0n) is 12.1. The summed E-state index contributed by atoms with van der Waals surface area (Å²) in [5.74, 6) is 0.839. The van der Waals surface area contributed by atoms with E-state index in [1.165, 1.54) is 12.8 Å². The van der Waals surface area contributed by atoms with Crippen molar-refractivity contribution < 1.29 is 8.42 Å². The Hall–Kier alpha value is -0.910. The van der Waals surface area contributed by atoms with Crippen LogP contribution in [0, 0.1) is 5.92 Å². The molecule has 0 radical (unpaired) electrons. The molecule has 0 aliphatic heterocycles. The maximum atomic E-state index is 12.4. The maximum Gasteiger partial charge on any atom is 0.240 e. The maximum absolute atomic E-state index is 12.4. The van der Waals surface area contributed by atoms with Gasteiger partial charge in [0.15, 0.2) is 0 Å². The van der Waals surface area contributed by atoms with Gasteiger partial charge in [-0.1, -0.05) is 31.9 Å². The van der Waals surface area contributed by atoms with Gasteiger partial charge in [0, 0.05) is 13.1 Å². The van der Waals surface area contributed by atoms with Crippen LogP contribution < -0.4 is 10.5 Å². The van der Waals surface area contributed by atoms with Gasteiger partial charge in [-0.15, -0.1) is 0 Å². The monoisotopic (exact) mass is 296 g/mol. The van der Waals surface area contributed by atoms with Crippen molar-refractivity contribution in [1.82, 2.24) is 4.72 Å². The number of nitrogens with two attached hydrogens (primary N) is 1. The van der Waals surface area contributed by atoms with E-state index in [4.69, 9.17) is 5.73 Å². The minimum absolute atomic E-state index is 0.355. The predicted octanol–water partition coefficient (Wildman–Crippen LogP) is 2.18. The molecular weight excluding hydrogens is 272 g/mol. The highest BCUT2D eigenvalue weighted by atomic mass is 32.2. The molecule has 0 unspecified atom stereocenters. The van der Waals surface area contributed by atoms with Crippen LogP contribution in [-0.2, 0) is 23.0 Å². The third-order valence-corrected chi connectivity index (χ3v) is 5.36. The van der Waals surface area contributed by atoms with E-state index in [-0.39, 0.29) is 0 Å². The topological polar surface area (TPSA) is 72.2 Å². The average Bonchev–Trinajstić information content (AvgIpc) is 3.27. The van der Waals surface area contributed by atoms with Gasteiger partial charge >= 0.3 is 0 Å². The van der Waals surface area contributed by atoms with E-state index in [9.17, 15) is 8.42 Å². The molecule has 1 aliphatic carbocycles. The number of nitrogens with one attached hydrogen (secondary N) is 1. The predicted molar refractivity (Wildman–Crippen MR) is 80.9 cm³/mol. The van der Waals surface area contributed by atoms with Crippen LogP contribution in [0.4, 0.5) is 0 Å². The van der Waals surface area contributed by atoms with Gasteiger partial charge < -0.3 is 5.73 Å². The van der Waals surface area contributed by atoms with Gasteiger partial charge in [0.05, 0.1) is 4.90 Å². The molecule has 4 nitrogen and oxygen atoms in total. The minimum Gasteiger partial charge on any atom is -0.326 e. The Kier molecular flexibility index (Phi) is 5.18. The van der Waals surface area contributed by atoms with Gasteiger partial charge in [-0.25, -0.2) is 13.1 Å². The summed E-state index contributed by atoms with van der Waals surface area (Å²) in [5, 5.41) is 0. The van der Waals surface area contributed by atoms with Crippen LogP contribution in [0.1, 0.15) is 43.7 Å². The Morgan fingerprint density at radius 1 is 1.35 bits per heavy atom. The molecule has 1 aromatic carbocycles. The first-order valence-electron chi connectivity index (χ1n) is 7.38. The highest BCUT2D eigenvalue weighted by molar-refractivity contribution is 7.89. The SMILES string of the molecule is CCc1ccc(CN)cc1S(=O)(=O)NCCCC1CC1. The lowest BCUT2D eigenvalue weighted by atomic mass is 10.1. The number of rotatable bonds is 8. The number of hydrogen-bond donors (Lipinski definition) is 2. The highest BCUT2D eigenvalue weighted by Gasteiger charge is 2.21. The highest BCUT2D eigenvalue weighted by Crippen LogP contribution is 2.33. The van der Waals surface area contributed by atoms with E-state index >= 15 is 0 Å². The Bertz CT molecular complexity index is 551. The van der Waals surface area contributed by atoms with Crippen molar-refractivity contribution >= 4 is 10.0 Å². The Labute approximate surface area is 121 Å². The summed E-state index contributed by atoms with van der Waals surface area (Å²) in [6, 6.07) is 5.45. The summed E-state index contributed by atoms with van der Waals surface area (Å²) in [4.78, 5) is 0.384. The van der Waals surface area contributed by atoms with Gasteiger partial charge in [0.25, 0.3) is 0 Å². The van der Waals surface area contributed by atoms with Gasteiger partial charge in [-0.3, -0.25) is 0 Å². The van der Waals surface area contributed by atoms with Crippen molar-refractivity contribution in [1.29, 1.82) is 0 Å². The van der Waals surface area contributed by atoms with Gasteiger partial charge in [0.2, 0.25) is 10.0 Å². The van der Waals surface area contributed by atoms with Gasteiger partial charge in [0.1, 0.15) is 0 Å². The molecule has 0 heterocycles. The van der Waals surface area contributed by atoms with Crippen LogP contribution in [-0.4, -0.2) is 15.0 Å². The normalized spacial score (nSPS) is 15.5.